The molecule has 4 nitrogen and oxygen atoms in total. The molecule has 1 aliphatic carbocycles. The number of carbonyl (C=O) groups is 1. The number of hydrogen-bond acceptors (Lipinski definition) is 3. The lowest BCUT2D eigenvalue weighted by Crippen LogP contribution is -2.45. The summed E-state index contributed by atoms with van der Waals surface area (Å²) in [6.45, 7) is 6.78. The zero-order valence-corrected chi connectivity index (χ0v) is 11.8. The second-order valence-electron chi connectivity index (χ2n) is 5.68. The highest BCUT2D eigenvalue weighted by Gasteiger charge is 2.59. The summed E-state index contributed by atoms with van der Waals surface area (Å²) in [6.07, 6.45) is 3.72. The van der Waals surface area contributed by atoms with Crippen LogP contribution in [-0.2, 0) is 15.6 Å². The molecule has 2 rings (SSSR count). The predicted molar refractivity (Wildman–Crippen MR) is 69.0 cm³/mol. The highest BCUT2D eigenvalue weighted by Crippen LogP contribution is 2.43. The minimum atomic E-state index is -0.875. The first-order valence-corrected chi connectivity index (χ1v) is 7.90. The Hall–Kier alpha value is -0.420. The third-order valence-corrected chi connectivity index (χ3v) is 5.11. The van der Waals surface area contributed by atoms with E-state index in [9.17, 15) is 9.00 Å². The molecule has 1 saturated heterocycles. The van der Waals surface area contributed by atoms with Crippen molar-refractivity contribution in [2.75, 3.05) is 12.8 Å². The van der Waals surface area contributed by atoms with E-state index in [0.29, 0.717) is 12.5 Å². The number of amides is 1. The summed E-state index contributed by atoms with van der Waals surface area (Å²) in [7, 11) is -0.875. The summed E-state index contributed by atoms with van der Waals surface area (Å²) in [5, 5.41) is 3.50. The van der Waals surface area contributed by atoms with Gasteiger partial charge in [0.15, 0.2) is 0 Å². The van der Waals surface area contributed by atoms with Crippen molar-refractivity contribution in [1.82, 2.24) is 10.2 Å². The van der Waals surface area contributed by atoms with Crippen LogP contribution < -0.4 is 5.32 Å². The molecule has 0 aromatic heterocycles. The Bertz CT molecular complexity index is 352. The Balaban J connectivity index is 2.12. The van der Waals surface area contributed by atoms with Crippen LogP contribution in [0.1, 0.15) is 33.6 Å². The molecular formula is C12H22N2O2S. The molecule has 2 fully saturated rings. The Morgan fingerprint density at radius 2 is 2.06 bits per heavy atom. The van der Waals surface area contributed by atoms with Gasteiger partial charge in [0, 0.05) is 28.9 Å². The first kappa shape index (κ1) is 13.0. The first-order chi connectivity index (χ1) is 7.87. The third kappa shape index (κ3) is 2.27. The van der Waals surface area contributed by atoms with Crippen molar-refractivity contribution in [3.8, 4) is 0 Å². The van der Waals surface area contributed by atoms with Gasteiger partial charge in [-0.25, -0.2) is 0 Å². The maximum absolute atomic E-state index is 12.3. The van der Waals surface area contributed by atoms with Gasteiger partial charge in [-0.15, -0.1) is 0 Å². The van der Waals surface area contributed by atoms with Crippen molar-refractivity contribution in [2.24, 2.45) is 5.92 Å². The molecule has 2 aliphatic rings. The van der Waals surface area contributed by atoms with E-state index in [1.807, 2.05) is 11.8 Å². The van der Waals surface area contributed by atoms with Crippen molar-refractivity contribution in [2.45, 2.75) is 50.6 Å². The normalized spacial score (nSPS) is 30.1. The molecule has 1 saturated carbocycles. The number of nitrogens with zero attached hydrogens (tertiary/aromatic N) is 1. The third-order valence-electron chi connectivity index (χ3n) is 3.83. The van der Waals surface area contributed by atoms with Crippen LogP contribution in [0, 0.1) is 5.92 Å². The second-order valence-corrected chi connectivity index (χ2v) is 7.48. The minimum absolute atomic E-state index is 0.0379. The lowest BCUT2D eigenvalue weighted by atomic mass is 10.1. The van der Waals surface area contributed by atoms with Crippen LogP contribution >= 0.6 is 0 Å². The van der Waals surface area contributed by atoms with E-state index in [4.69, 9.17) is 0 Å². The van der Waals surface area contributed by atoms with Crippen LogP contribution in [0.15, 0.2) is 0 Å². The summed E-state index contributed by atoms with van der Waals surface area (Å²) in [5.74, 6) is 0.602. The largest absolute Gasteiger partial charge is 0.324 e. The summed E-state index contributed by atoms with van der Waals surface area (Å²) in [5.41, 5.74) is -0.260. The van der Waals surface area contributed by atoms with Gasteiger partial charge >= 0.3 is 0 Å². The van der Waals surface area contributed by atoms with Gasteiger partial charge in [0.1, 0.15) is 0 Å². The summed E-state index contributed by atoms with van der Waals surface area (Å²) >= 11 is 0. The lowest BCUT2D eigenvalue weighted by molar-refractivity contribution is -0.131. The van der Waals surface area contributed by atoms with Gasteiger partial charge < -0.3 is 4.90 Å². The number of hydrogen-bond donors (Lipinski definition) is 1. The second kappa shape index (κ2) is 4.35. The summed E-state index contributed by atoms with van der Waals surface area (Å²) < 4.78 is 11.4. The highest BCUT2D eigenvalue weighted by atomic mass is 32.2. The Labute approximate surface area is 106 Å². The molecule has 0 aromatic carbocycles. The van der Waals surface area contributed by atoms with E-state index in [2.05, 4.69) is 19.2 Å². The molecule has 1 amide bonds. The van der Waals surface area contributed by atoms with Gasteiger partial charge in [-0.1, -0.05) is 13.8 Å². The fourth-order valence-corrected chi connectivity index (χ4v) is 2.78. The summed E-state index contributed by atoms with van der Waals surface area (Å²) in [6, 6.07) is 0. The van der Waals surface area contributed by atoms with E-state index >= 15 is 0 Å². The van der Waals surface area contributed by atoms with Gasteiger partial charge in [-0.2, -0.15) is 0 Å². The Kier molecular flexibility index (Phi) is 3.34. The number of carbonyl (C=O) groups excluding carboxylic acids is 1. The van der Waals surface area contributed by atoms with Gasteiger partial charge in [0.25, 0.3) is 0 Å². The zero-order valence-electron chi connectivity index (χ0n) is 11.0. The van der Waals surface area contributed by atoms with Gasteiger partial charge in [0.2, 0.25) is 5.91 Å². The SMILES string of the molecule is CC(C)C1NC2(CC2)C(=O)N1CC(C)S(C)=O. The molecule has 98 valence electrons. The van der Waals surface area contributed by atoms with E-state index < -0.39 is 10.8 Å². The average molecular weight is 258 g/mol. The Morgan fingerprint density at radius 3 is 2.47 bits per heavy atom. The van der Waals surface area contributed by atoms with E-state index in [1.165, 1.54) is 0 Å². The minimum Gasteiger partial charge on any atom is -0.324 e. The molecule has 0 bridgehead atoms. The van der Waals surface area contributed by atoms with Gasteiger partial charge in [-0.3, -0.25) is 14.3 Å². The molecule has 1 heterocycles. The van der Waals surface area contributed by atoms with Crippen LogP contribution in [0.4, 0.5) is 0 Å². The van der Waals surface area contributed by atoms with Gasteiger partial charge in [0.05, 0.1) is 11.7 Å². The molecule has 0 radical (unpaired) electrons. The molecule has 1 spiro atoms. The molecular weight excluding hydrogens is 236 g/mol. The predicted octanol–water partition coefficient (Wildman–Crippen LogP) is 0.700. The van der Waals surface area contributed by atoms with Crippen LogP contribution in [-0.4, -0.2) is 44.8 Å². The van der Waals surface area contributed by atoms with Crippen molar-refractivity contribution in [3.63, 3.8) is 0 Å². The topological polar surface area (TPSA) is 49.4 Å². The maximum atomic E-state index is 12.3. The van der Waals surface area contributed by atoms with E-state index in [1.54, 1.807) is 6.26 Å². The monoisotopic (exact) mass is 258 g/mol. The van der Waals surface area contributed by atoms with Crippen molar-refractivity contribution < 1.29 is 9.00 Å². The van der Waals surface area contributed by atoms with Crippen molar-refractivity contribution in [1.29, 1.82) is 0 Å². The van der Waals surface area contributed by atoms with Crippen LogP contribution in [0.25, 0.3) is 0 Å². The molecule has 17 heavy (non-hydrogen) atoms. The average Bonchev–Trinajstić information content (AvgIpc) is 2.96. The summed E-state index contributed by atoms with van der Waals surface area (Å²) in [4.78, 5) is 14.2. The first-order valence-electron chi connectivity index (χ1n) is 6.28. The van der Waals surface area contributed by atoms with Crippen molar-refractivity contribution >= 4 is 16.7 Å². The zero-order chi connectivity index (χ0) is 12.8. The van der Waals surface area contributed by atoms with E-state index in [0.717, 1.165) is 12.8 Å². The number of nitrogens with one attached hydrogen (secondary N) is 1. The highest BCUT2D eigenvalue weighted by molar-refractivity contribution is 7.84. The van der Waals surface area contributed by atoms with E-state index in [-0.39, 0.29) is 22.9 Å². The standard InChI is InChI=1S/C12H22N2O2S/c1-8(2)10-13-12(5-6-12)11(15)14(10)7-9(3)17(4)16/h8-10,13H,5-7H2,1-4H3. The fraction of sp³-hybridized carbons (Fsp3) is 0.917. The fourth-order valence-electron chi connectivity index (χ4n) is 2.41. The lowest BCUT2D eigenvalue weighted by Gasteiger charge is -2.28. The quantitative estimate of drug-likeness (QED) is 0.807. The van der Waals surface area contributed by atoms with Crippen LogP contribution in [0.2, 0.25) is 0 Å². The molecule has 3 unspecified atom stereocenters. The number of rotatable bonds is 4. The smallest absolute Gasteiger partial charge is 0.244 e. The molecule has 1 N–H and O–H groups in total. The molecule has 3 atom stereocenters. The Morgan fingerprint density at radius 1 is 1.47 bits per heavy atom. The molecule has 5 heteroatoms. The van der Waals surface area contributed by atoms with Crippen LogP contribution in [0.3, 0.4) is 0 Å². The van der Waals surface area contributed by atoms with Crippen LogP contribution in [0.5, 0.6) is 0 Å². The molecule has 0 aromatic rings. The molecule has 1 aliphatic heterocycles. The van der Waals surface area contributed by atoms with Crippen molar-refractivity contribution in [3.05, 3.63) is 0 Å². The maximum Gasteiger partial charge on any atom is 0.244 e. The van der Waals surface area contributed by atoms with Gasteiger partial charge in [-0.05, 0) is 25.7 Å².